The van der Waals surface area contributed by atoms with Crippen molar-refractivity contribution in [1.82, 2.24) is 15.5 Å². The van der Waals surface area contributed by atoms with Crippen LogP contribution >= 0.6 is 23.2 Å². The van der Waals surface area contributed by atoms with Gasteiger partial charge in [0.1, 0.15) is 0 Å². The van der Waals surface area contributed by atoms with Gasteiger partial charge in [-0.15, -0.1) is 0 Å². The highest BCUT2D eigenvalue weighted by Gasteiger charge is 2.02. The molecule has 124 valence electrons. The van der Waals surface area contributed by atoms with Crippen LogP contribution in [-0.4, -0.2) is 51.1 Å². The lowest BCUT2D eigenvalue weighted by molar-refractivity contribution is -0.121. The zero-order valence-electron chi connectivity index (χ0n) is 13.3. The number of hydrogen-bond acceptors (Lipinski definition) is 3. The fourth-order valence-corrected chi connectivity index (χ4v) is 2.49. The number of nitrogens with zero attached hydrogens (tertiary/aromatic N) is 1. The second kappa shape index (κ2) is 10.8. The lowest BCUT2D eigenvalue weighted by Crippen LogP contribution is -2.30. The molecule has 0 aliphatic heterocycles. The zero-order chi connectivity index (χ0) is 16.4. The molecule has 0 aromatic heterocycles. The smallest absolute Gasteiger partial charge is 0.221 e. The molecule has 0 bridgehead atoms. The molecule has 1 aromatic carbocycles. The Morgan fingerprint density at radius 1 is 1.18 bits per heavy atom. The molecule has 0 spiro atoms. The molecular formula is C16H25Cl2N3O. The summed E-state index contributed by atoms with van der Waals surface area (Å²) in [6.07, 6.45) is 2.29. The molecule has 0 unspecified atom stereocenters. The number of amides is 1. The lowest BCUT2D eigenvalue weighted by atomic mass is 10.1. The molecule has 4 nitrogen and oxygen atoms in total. The second-order valence-electron chi connectivity index (χ2n) is 5.49. The van der Waals surface area contributed by atoms with Crippen LogP contribution in [0.4, 0.5) is 0 Å². The fraction of sp³-hybridized carbons (Fsp3) is 0.562. The average molecular weight is 346 g/mol. The number of halogens is 2. The number of carbonyl (C=O) groups excluding carboxylic acids is 1. The van der Waals surface area contributed by atoms with Gasteiger partial charge in [-0.05, 0) is 57.7 Å². The van der Waals surface area contributed by atoms with Crippen LogP contribution < -0.4 is 10.6 Å². The summed E-state index contributed by atoms with van der Waals surface area (Å²) in [7, 11) is 4.05. The van der Waals surface area contributed by atoms with E-state index in [-0.39, 0.29) is 5.91 Å². The summed E-state index contributed by atoms with van der Waals surface area (Å²) in [4.78, 5) is 13.7. The van der Waals surface area contributed by atoms with Crippen LogP contribution in [0, 0.1) is 0 Å². The van der Waals surface area contributed by atoms with Crippen LogP contribution in [0.5, 0.6) is 0 Å². The standard InChI is InChI=1S/C16H25Cl2N3O/c1-21(2)11-3-8-20-16(22)7-10-19-9-6-13-4-5-14(17)12-15(13)18/h4-5,12,19H,3,6-11H2,1-2H3,(H,20,22). The van der Waals surface area contributed by atoms with Crippen molar-refractivity contribution < 1.29 is 4.79 Å². The Labute approximate surface area is 143 Å². The third-order valence-electron chi connectivity index (χ3n) is 3.22. The van der Waals surface area contributed by atoms with Gasteiger partial charge < -0.3 is 15.5 Å². The van der Waals surface area contributed by atoms with E-state index in [4.69, 9.17) is 23.2 Å². The highest BCUT2D eigenvalue weighted by molar-refractivity contribution is 6.35. The number of benzene rings is 1. The molecule has 0 aliphatic carbocycles. The molecule has 0 fully saturated rings. The normalized spacial score (nSPS) is 11.0. The highest BCUT2D eigenvalue weighted by Crippen LogP contribution is 2.20. The van der Waals surface area contributed by atoms with Crippen molar-refractivity contribution in [3.8, 4) is 0 Å². The minimum atomic E-state index is 0.0933. The van der Waals surface area contributed by atoms with Crippen molar-refractivity contribution in [2.75, 3.05) is 40.3 Å². The van der Waals surface area contributed by atoms with E-state index in [1.54, 1.807) is 6.07 Å². The zero-order valence-corrected chi connectivity index (χ0v) is 14.8. The largest absolute Gasteiger partial charge is 0.356 e. The van der Waals surface area contributed by atoms with Gasteiger partial charge in [-0.2, -0.15) is 0 Å². The Hall–Kier alpha value is -0.810. The van der Waals surface area contributed by atoms with E-state index < -0.39 is 0 Å². The van der Waals surface area contributed by atoms with Crippen molar-refractivity contribution in [3.63, 3.8) is 0 Å². The summed E-state index contributed by atoms with van der Waals surface area (Å²) < 4.78 is 0. The first-order chi connectivity index (χ1) is 10.5. The molecule has 0 saturated carbocycles. The summed E-state index contributed by atoms with van der Waals surface area (Å²) in [5.41, 5.74) is 1.06. The minimum absolute atomic E-state index is 0.0933. The Kier molecular flexibility index (Phi) is 9.48. The summed E-state index contributed by atoms with van der Waals surface area (Å²) >= 11 is 12.0. The molecule has 6 heteroatoms. The number of hydrogen-bond donors (Lipinski definition) is 2. The van der Waals surface area contributed by atoms with Crippen molar-refractivity contribution in [1.29, 1.82) is 0 Å². The first kappa shape index (κ1) is 19.2. The lowest BCUT2D eigenvalue weighted by Gasteiger charge is -2.10. The van der Waals surface area contributed by atoms with Crippen LogP contribution in [0.3, 0.4) is 0 Å². The number of nitrogens with one attached hydrogen (secondary N) is 2. The SMILES string of the molecule is CN(C)CCCNC(=O)CCNCCc1ccc(Cl)cc1Cl. The van der Waals surface area contributed by atoms with Gasteiger partial charge in [0.25, 0.3) is 0 Å². The first-order valence-corrected chi connectivity index (χ1v) is 8.30. The summed E-state index contributed by atoms with van der Waals surface area (Å²) in [5, 5.41) is 7.51. The molecule has 0 saturated heterocycles. The van der Waals surface area contributed by atoms with Gasteiger partial charge in [-0.25, -0.2) is 0 Å². The van der Waals surface area contributed by atoms with Crippen molar-refractivity contribution in [2.45, 2.75) is 19.3 Å². The Morgan fingerprint density at radius 3 is 2.64 bits per heavy atom. The highest BCUT2D eigenvalue weighted by atomic mass is 35.5. The van der Waals surface area contributed by atoms with Crippen molar-refractivity contribution >= 4 is 29.1 Å². The van der Waals surface area contributed by atoms with Gasteiger partial charge in [0, 0.05) is 29.6 Å². The van der Waals surface area contributed by atoms with Gasteiger partial charge in [0.15, 0.2) is 0 Å². The van der Waals surface area contributed by atoms with E-state index in [9.17, 15) is 4.79 Å². The van der Waals surface area contributed by atoms with Crippen molar-refractivity contribution in [3.05, 3.63) is 33.8 Å². The van der Waals surface area contributed by atoms with Crippen LogP contribution in [-0.2, 0) is 11.2 Å². The van der Waals surface area contributed by atoms with E-state index in [2.05, 4.69) is 15.5 Å². The predicted octanol–water partition coefficient (Wildman–Crippen LogP) is 2.58. The Balaban J connectivity index is 2.06. The van der Waals surface area contributed by atoms with Crippen LogP contribution in [0.15, 0.2) is 18.2 Å². The van der Waals surface area contributed by atoms with E-state index in [1.807, 2.05) is 26.2 Å². The summed E-state index contributed by atoms with van der Waals surface area (Å²) in [6, 6.07) is 5.52. The van der Waals surface area contributed by atoms with E-state index in [0.717, 1.165) is 38.0 Å². The molecule has 2 N–H and O–H groups in total. The summed E-state index contributed by atoms with van der Waals surface area (Å²) in [6.45, 7) is 3.18. The van der Waals surface area contributed by atoms with Gasteiger partial charge in [-0.3, -0.25) is 4.79 Å². The summed E-state index contributed by atoms with van der Waals surface area (Å²) in [5.74, 6) is 0.0933. The third kappa shape index (κ3) is 8.59. The molecule has 0 heterocycles. The van der Waals surface area contributed by atoms with E-state index in [1.165, 1.54) is 0 Å². The van der Waals surface area contributed by atoms with E-state index >= 15 is 0 Å². The Bertz CT molecular complexity index is 467. The maximum absolute atomic E-state index is 11.6. The quantitative estimate of drug-likeness (QED) is 0.640. The molecule has 0 radical (unpaired) electrons. The first-order valence-electron chi connectivity index (χ1n) is 7.55. The van der Waals surface area contributed by atoms with Crippen LogP contribution in [0.1, 0.15) is 18.4 Å². The number of carbonyl (C=O) groups is 1. The molecule has 1 amide bonds. The average Bonchev–Trinajstić information content (AvgIpc) is 2.45. The molecule has 1 rings (SSSR count). The van der Waals surface area contributed by atoms with Crippen LogP contribution in [0.25, 0.3) is 0 Å². The minimum Gasteiger partial charge on any atom is -0.356 e. The third-order valence-corrected chi connectivity index (χ3v) is 3.81. The fourth-order valence-electron chi connectivity index (χ4n) is 1.99. The molecule has 1 aromatic rings. The second-order valence-corrected chi connectivity index (χ2v) is 6.34. The maximum Gasteiger partial charge on any atom is 0.221 e. The monoisotopic (exact) mass is 345 g/mol. The van der Waals surface area contributed by atoms with E-state index in [0.29, 0.717) is 23.0 Å². The van der Waals surface area contributed by atoms with Crippen LogP contribution in [0.2, 0.25) is 10.0 Å². The topological polar surface area (TPSA) is 44.4 Å². The van der Waals surface area contributed by atoms with Gasteiger partial charge in [-0.1, -0.05) is 29.3 Å². The maximum atomic E-state index is 11.6. The Morgan fingerprint density at radius 2 is 1.95 bits per heavy atom. The molecule has 0 aliphatic rings. The number of rotatable bonds is 10. The predicted molar refractivity (Wildman–Crippen MR) is 93.8 cm³/mol. The van der Waals surface area contributed by atoms with Gasteiger partial charge >= 0.3 is 0 Å². The van der Waals surface area contributed by atoms with Gasteiger partial charge in [0.2, 0.25) is 5.91 Å². The van der Waals surface area contributed by atoms with Gasteiger partial charge in [0.05, 0.1) is 0 Å². The molecule has 22 heavy (non-hydrogen) atoms. The molecule has 0 atom stereocenters. The molecular weight excluding hydrogens is 321 g/mol. The van der Waals surface area contributed by atoms with Crippen molar-refractivity contribution in [2.24, 2.45) is 0 Å².